The lowest BCUT2D eigenvalue weighted by molar-refractivity contribution is -0.137. The van der Waals surface area contributed by atoms with Gasteiger partial charge in [-0.15, -0.1) is 5.10 Å². The summed E-state index contributed by atoms with van der Waals surface area (Å²) in [6, 6.07) is 15.0. The molecule has 188 valence electrons. The molecule has 0 radical (unpaired) electrons. The van der Waals surface area contributed by atoms with E-state index in [-0.39, 0.29) is 0 Å². The summed E-state index contributed by atoms with van der Waals surface area (Å²) in [4.78, 5) is 9.55. The van der Waals surface area contributed by atoms with Gasteiger partial charge in [-0.25, -0.2) is 15.1 Å². The van der Waals surface area contributed by atoms with E-state index in [4.69, 9.17) is 9.97 Å². The van der Waals surface area contributed by atoms with E-state index >= 15 is 0 Å². The van der Waals surface area contributed by atoms with E-state index in [2.05, 4.69) is 32.1 Å². The van der Waals surface area contributed by atoms with Crippen LogP contribution in [-0.2, 0) is 19.1 Å². The molecule has 0 saturated heterocycles. The van der Waals surface area contributed by atoms with Crippen molar-refractivity contribution in [2.45, 2.75) is 39.9 Å². The van der Waals surface area contributed by atoms with Crippen molar-refractivity contribution in [3.63, 3.8) is 0 Å². The number of halogens is 3. The smallest absolute Gasteiger partial charge is 0.308 e. The third-order valence-electron chi connectivity index (χ3n) is 6.19. The van der Waals surface area contributed by atoms with E-state index in [1.165, 1.54) is 12.1 Å². The number of tetrazole rings is 1. The lowest BCUT2D eigenvalue weighted by Gasteiger charge is -2.12. The standard InChI is InChI=1S/C27H24F3N7/c1-4-24-32-25-16(2)13-17(3)31-26(25)37(24)15-18-5-7-19(8-6-18)22(14-23-33-35-36-34-23)20-9-11-21(12-10-20)27(28,29)30/h5-14H,4,15H2,1-3H3,(H,33,34,35,36). The normalized spacial score (nSPS) is 12.4. The average molecular weight is 504 g/mol. The van der Waals surface area contributed by atoms with Crippen molar-refractivity contribution < 1.29 is 13.2 Å². The summed E-state index contributed by atoms with van der Waals surface area (Å²) < 4.78 is 41.4. The Morgan fingerprint density at radius 2 is 1.65 bits per heavy atom. The molecule has 7 nitrogen and oxygen atoms in total. The summed E-state index contributed by atoms with van der Waals surface area (Å²) in [7, 11) is 0. The van der Waals surface area contributed by atoms with Crippen LogP contribution in [0.5, 0.6) is 0 Å². The fraction of sp³-hybridized carbons (Fsp3) is 0.222. The summed E-state index contributed by atoms with van der Waals surface area (Å²) >= 11 is 0. The summed E-state index contributed by atoms with van der Waals surface area (Å²) in [6.45, 7) is 6.69. The molecule has 5 rings (SSSR count). The van der Waals surface area contributed by atoms with Crippen molar-refractivity contribution in [3.8, 4) is 0 Å². The van der Waals surface area contributed by atoms with Crippen LogP contribution in [0.1, 0.15) is 52.1 Å². The molecular formula is C27H24F3N7. The Hall–Kier alpha value is -4.34. The maximum atomic E-state index is 13.1. The zero-order valence-electron chi connectivity index (χ0n) is 20.5. The molecule has 37 heavy (non-hydrogen) atoms. The Balaban J connectivity index is 1.50. The van der Waals surface area contributed by atoms with Crippen LogP contribution in [0.3, 0.4) is 0 Å². The molecule has 2 aromatic carbocycles. The highest BCUT2D eigenvalue weighted by molar-refractivity contribution is 5.90. The van der Waals surface area contributed by atoms with Gasteiger partial charge in [0, 0.05) is 12.1 Å². The third-order valence-corrected chi connectivity index (χ3v) is 6.19. The second-order valence-corrected chi connectivity index (χ2v) is 8.84. The molecule has 0 aliphatic rings. The Morgan fingerprint density at radius 3 is 2.24 bits per heavy atom. The van der Waals surface area contributed by atoms with Gasteiger partial charge >= 0.3 is 6.18 Å². The van der Waals surface area contributed by atoms with E-state index in [1.807, 2.05) is 44.2 Å². The average Bonchev–Trinajstić information content (AvgIpc) is 3.51. The number of hydrogen-bond donors (Lipinski definition) is 1. The first-order valence-corrected chi connectivity index (χ1v) is 11.8. The maximum absolute atomic E-state index is 13.1. The van der Waals surface area contributed by atoms with Crippen LogP contribution in [0.15, 0.2) is 54.6 Å². The molecule has 0 unspecified atom stereocenters. The third kappa shape index (κ3) is 5.00. The zero-order valence-corrected chi connectivity index (χ0v) is 20.5. The first-order valence-electron chi connectivity index (χ1n) is 11.8. The van der Waals surface area contributed by atoms with Crippen molar-refractivity contribution in [2.75, 3.05) is 0 Å². The number of nitrogens with zero attached hydrogens (tertiary/aromatic N) is 6. The minimum absolute atomic E-state index is 0.397. The number of fused-ring (bicyclic) bond motifs is 1. The van der Waals surface area contributed by atoms with Crippen LogP contribution in [0.2, 0.25) is 0 Å². The van der Waals surface area contributed by atoms with Gasteiger partial charge in [-0.1, -0.05) is 43.3 Å². The molecule has 0 aliphatic heterocycles. The van der Waals surface area contributed by atoms with Crippen molar-refractivity contribution in [1.82, 2.24) is 35.2 Å². The van der Waals surface area contributed by atoms with E-state index < -0.39 is 11.7 Å². The first-order chi connectivity index (χ1) is 17.7. The molecule has 10 heteroatoms. The number of imidazole rings is 1. The number of pyridine rings is 1. The fourth-order valence-electron chi connectivity index (χ4n) is 4.39. The highest BCUT2D eigenvalue weighted by Gasteiger charge is 2.30. The molecule has 0 saturated carbocycles. The molecule has 0 aliphatic carbocycles. The van der Waals surface area contributed by atoms with Gasteiger partial charge < -0.3 is 4.57 Å². The van der Waals surface area contributed by atoms with Gasteiger partial charge in [0.1, 0.15) is 11.3 Å². The Bertz CT molecular complexity index is 1560. The predicted octanol–water partition coefficient (Wildman–Crippen LogP) is 5.78. The number of hydrogen-bond acceptors (Lipinski definition) is 5. The minimum atomic E-state index is -4.40. The number of alkyl halides is 3. The van der Waals surface area contributed by atoms with Gasteiger partial charge in [0.2, 0.25) is 0 Å². The lowest BCUT2D eigenvalue weighted by atomic mass is 9.95. The van der Waals surface area contributed by atoms with Gasteiger partial charge in [-0.3, -0.25) is 0 Å². The highest BCUT2D eigenvalue weighted by atomic mass is 19.4. The van der Waals surface area contributed by atoms with Crippen LogP contribution in [-0.4, -0.2) is 35.2 Å². The first kappa shape index (κ1) is 24.4. The Kier molecular flexibility index (Phi) is 6.32. The Labute approximate surface area is 211 Å². The number of aromatic amines is 1. The number of aromatic nitrogens is 7. The molecule has 5 aromatic rings. The number of nitrogens with one attached hydrogen (secondary N) is 1. The van der Waals surface area contributed by atoms with Gasteiger partial charge in [0.05, 0.1) is 12.1 Å². The highest BCUT2D eigenvalue weighted by Crippen LogP contribution is 2.32. The van der Waals surface area contributed by atoms with E-state index in [1.54, 1.807) is 6.08 Å². The van der Waals surface area contributed by atoms with Crippen LogP contribution >= 0.6 is 0 Å². The quantitative estimate of drug-likeness (QED) is 0.318. The minimum Gasteiger partial charge on any atom is -0.308 e. The van der Waals surface area contributed by atoms with E-state index in [9.17, 15) is 13.2 Å². The monoisotopic (exact) mass is 503 g/mol. The number of rotatable bonds is 6. The predicted molar refractivity (Wildman–Crippen MR) is 135 cm³/mol. The van der Waals surface area contributed by atoms with Crippen LogP contribution in [0, 0.1) is 13.8 Å². The van der Waals surface area contributed by atoms with Crippen LogP contribution < -0.4 is 0 Å². The Morgan fingerprint density at radius 1 is 0.973 bits per heavy atom. The van der Waals surface area contributed by atoms with Gasteiger partial charge in [-0.2, -0.15) is 13.2 Å². The lowest BCUT2D eigenvalue weighted by Crippen LogP contribution is -2.06. The molecule has 1 N–H and O–H groups in total. The van der Waals surface area contributed by atoms with Crippen molar-refractivity contribution in [1.29, 1.82) is 0 Å². The summed E-state index contributed by atoms with van der Waals surface area (Å²) in [5.41, 5.74) is 6.27. The molecule has 3 aromatic heterocycles. The number of benzene rings is 2. The molecule has 3 heterocycles. The fourth-order valence-corrected chi connectivity index (χ4v) is 4.39. The molecular weight excluding hydrogens is 479 g/mol. The van der Waals surface area contributed by atoms with E-state index in [0.717, 1.165) is 57.9 Å². The zero-order chi connectivity index (χ0) is 26.2. The summed E-state index contributed by atoms with van der Waals surface area (Å²) in [5, 5.41) is 13.8. The second kappa shape index (κ2) is 9.61. The molecule has 0 fully saturated rings. The molecule has 0 spiro atoms. The van der Waals surface area contributed by atoms with E-state index in [0.29, 0.717) is 23.5 Å². The van der Waals surface area contributed by atoms with Crippen molar-refractivity contribution in [2.24, 2.45) is 0 Å². The summed E-state index contributed by atoms with van der Waals surface area (Å²) in [5.74, 6) is 1.36. The molecule has 0 bridgehead atoms. The maximum Gasteiger partial charge on any atom is 0.416 e. The van der Waals surface area contributed by atoms with Crippen molar-refractivity contribution >= 4 is 22.8 Å². The molecule has 0 amide bonds. The van der Waals surface area contributed by atoms with Crippen LogP contribution in [0.4, 0.5) is 13.2 Å². The molecule has 0 atom stereocenters. The number of H-pyrrole nitrogens is 1. The van der Waals surface area contributed by atoms with Crippen molar-refractivity contribution in [3.05, 3.63) is 99.8 Å². The van der Waals surface area contributed by atoms with Gasteiger partial charge in [0.15, 0.2) is 11.5 Å². The SMILES string of the molecule is CCc1nc2c(C)cc(C)nc2n1Cc1ccc(C(=Cc2nnn[nH]2)c2ccc(C(F)(F)F)cc2)cc1. The topological polar surface area (TPSA) is 85.2 Å². The summed E-state index contributed by atoms with van der Waals surface area (Å²) in [6.07, 6.45) is -1.91. The largest absolute Gasteiger partial charge is 0.416 e. The van der Waals surface area contributed by atoms with Gasteiger partial charge in [0.25, 0.3) is 0 Å². The number of aryl methyl sites for hydroxylation is 3. The van der Waals surface area contributed by atoms with Gasteiger partial charge in [-0.05, 0) is 76.4 Å². The second-order valence-electron chi connectivity index (χ2n) is 8.84. The van der Waals surface area contributed by atoms with Crippen LogP contribution in [0.25, 0.3) is 22.8 Å².